The van der Waals surface area contributed by atoms with Crippen LogP contribution in [0.15, 0.2) is 35.2 Å². The van der Waals surface area contributed by atoms with Crippen LogP contribution in [0.1, 0.15) is 11.1 Å². The number of carbonyl (C=O) groups is 1. The molecule has 1 aliphatic heterocycles. The van der Waals surface area contributed by atoms with Crippen LogP contribution in [0.2, 0.25) is 0 Å². The first-order valence-corrected chi connectivity index (χ1v) is 8.39. The topological polar surface area (TPSA) is 69.7 Å². The summed E-state index contributed by atoms with van der Waals surface area (Å²) in [6.45, 7) is 1.67. The summed E-state index contributed by atoms with van der Waals surface area (Å²) in [5.74, 6) is -0.883. The van der Waals surface area contributed by atoms with Crippen molar-refractivity contribution in [2.45, 2.75) is 17.6 Å². The molecule has 0 N–H and O–H groups in total. The summed E-state index contributed by atoms with van der Waals surface area (Å²) in [5.41, 5.74) is 1.63. The quantitative estimate of drug-likeness (QED) is 0.591. The Kier molecular flexibility index (Phi) is 3.60. The van der Waals surface area contributed by atoms with E-state index in [1.165, 1.54) is 18.2 Å². The second kappa shape index (κ2) is 5.34. The number of ether oxygens (including phenoxy) is 2. The van der Waals surface area contributed by atoms with Gasteiger partial charge in [-0.3, -0.25) is 0 Å². The SMILES string of the molecule is COC(=O)Oc1cc2c(cc1C)-c1cccc(F)c1CS2(=O)=O. The molecule has 0 unspecified atom stereocenters. The molecule has 0 bridgehead atoms. The van der Waals surface area contributed by atoms with Gasteiger partial charge in [-0.05, 0) is 30.2 Å². The van der Waals surface area contributed by atoms with E-state index >= 15 is 0 Å². The number of aryl methyl sites for hydroxylation is 1. The van der Waals surface area contributed by atoms with E-state index in [9.17, 15) is 17.6 Å². The van der Waals surface area contributed by atoms with Crippen LogP contribution in [0.4, 0.5) is 9.18 Å². The number of halogens is 1. The molecule has 0 spiro atoms. The van der Waals surface area contributed by atoms with Gasteiger partial charge in [0.05, 0.1) is 17.8 Å². The van der Waals surface area contributed by atoms with Gasteiger partial charge in [0.2, 0.25) is 0 Å². The second-order valence-corrected chi connectivity index (χ2v) is 7.15. The summed E-state index contributed by atoms with van der Waals surface area (Å²) >= 11 is 0. The van der Waals surface area contributed by atoms with Crippen molar-refractivity contribution in [3.63, 3.8) is 0 Å². The summed E-state index contributed by atoms with van der Waals surface area (Å²) in [5, 5.41) is 0. The van der Waals surface area contributed by atoms with Crippen molar-refractivity contribution >= 4 is 16.0 Å². The molecule has 120 valence electrons. The van der Waals surface area contributed by atoms with Crippen molar-refractivity contribution in [3.05, 3.63) is 47.3 Å². The Morgan fingerprint density at radius 1 is 1.22 bits per heavy atom. The van der Waals surface area contributed by atoms with Gasteiger partial charge in [0, 0.05) is 17.2 Å². The third kappa shape index (κ3) is 2.57. The van der Waals surface area contributed by atoms with Crippen LogP contribution in [0.3, 0.4) is 0 Å². The average molecular weight is 336 g/mol. The van der Waals surface area contributed by atoms with Gasteiger partial charge < -0.3 is 9.47 Å². The molecule has 0 amide bonds. The molecular weight excluding hydrogens is 323 g/mol. The van der Waals surface area contributed by atoms with Crippen LogP contribution in [0, 0.1) is 12.7 Å². The summed E-state index contributed by atoms with van der Waals surface area (Å²) in [6.07, 6.45) is -0.937. The maximum atomic E-state index is 14.0. The number of hydrogen-bond acceptors (Lipinski definition) is 5. The maximum absolute atomic E-state index is 14.0. The van der Waals surface area contributed by atoms with E-state index < -0.39 is 27.6 Å². The first-order valence-electron chi connectivity index (χ1n) is 6.74. The lowest BCUT2D eigenvalue weighted by Crippen LogP contribution is -2.16. The minimum Gasteiger partial charge on any atom is -0.437 e. The summed E-state index contributed by atoms with van der Waals surface area (Å²) in [4.78, 5) is 11.3. The molecule has 3 rings (SSSR count). The first-order chi connectivity index (χ1) is 10.8. The number of hydrogen-bond donors (Lipinski definition) is 0. The Hall–Kier alpha value is -2.41. The molecule has 0 aromatic heterocycles. The van der Waals surface area contributed by atoms with Crippen LogP contribution >= 0.6 is 0 Å². The maximum Gasteiger partial charge on any atom is 0.513 e. The molecule has 0 saturated heterocycles. The van der Waals surface area contributed by atoms with E-state index in [4.69, 9.17) is 4.74 Å². The van der Waals surface area contributed by atoms with E-state index in [0.717, 1.165) is 7.11 Å². The highest BCUT2D eigenvalue weighted by Crippen LogP contribution is 2.41. The fraction of sp³-hybridized carbons (Fsp3) is 0.188. The molecule has 23 heavy (non-hydrogen) atoms. The van der Waals surface area contributed by atoms with Crippen LogP contribution < -0.4 is 4.74 Å². The lowest BCUT2D eigenvalue weighted by atomic mass is 9.97. The van der Waals surface area contributed by atoms with Gasteiger partial charge in [-0.1, -0.05) is 12.1 Å². The number of fused-ring (bicyclic) bond motifs is 3. The molecule has 0 atom stereocenters. The first kappa shape index (κ1) is 15.5. The molecular formula is C16H13FO5S. The summed E-state index contributed by atoms with van der Waals surface area (Å²) in [7, 11) is -2.57. The number of methoxy groups -OCH3 is 1. The molecule has 0 fully saturated rings. The normalized spacial score (nSPS) is 14.6. The molecule has 0 radical (unpaired) electrons. The Morgan fingerprint density at radius 2 is 1.96 bits per heavy atom. The van der Waals surface area contributed by atoms with Crippen molar-refractivity contribution < 1.29 is 27.1 Å². The predicted molar refractivity (Wildman–Crippen MR) is 80.5 cm³/mol. The van der Waals surface area contributed by atoms with Crippen molar-refractivity contribution in [2.75, 3.05) is 7.11 Å². The van der Waals surface area contributed by atoms with Crippen molar-refractivity contribution in [2.24, 2.45) is 0 Å². The van der Waals surface area contributed by atoms with E-state index in [-0.39, 0.29) is 16.2 Å². The molecule has 0 aliphatic carbocycles. The van der Waals surface area contributed by atoms with Crippen LogP contribution in [0.25, 0.3) is 11.1 Å². The Bertz CT molecular complexity index is 918. The lowest BCUT2D eigenvalue weighted by molar-refractivity contribution is 0.121. The minimum absolute atomic E-state index is 0.0140. The predicted octanol–water partition coefficient (Wildman–Crippen LogP) is 3.23. The van der Waals surface area contributed by atoms with Crippen LogP contribution in [0.5, 0.6) is 5.75 Å². The second-order valence-electron chi connectivity index (χ2n) is 5.20. The molecule has 0 saturated carbocycles. The van der Waals surface area contributed by atoms with Crippen molar-refractivity contribution in [1.82, 2.24) is 0 Å². The van der Waals surface area contributed by atoms with Gasteiger partial charge >= 0.3 is 6.16 Å². The zero-order valence-electron chi connectivity index (χ0n) is 12.4. The third-order valence-electron chi connectivity index (χ3n) is 3.72. The summed E-state index contributed by atoms with van der Waals surface area (Å²) in [6, 6.07) is 7.30. The van der Waals surface area contributed by atoms with E-state index in [1.54, 1.807) is 19.1 Å². The highest BCUT2D eigenvalue weighted by atomic mass is 32.2. The average Bonchev–Trinajstić information content (AvgIpc) is 2.49. The van der Waals surface area contributed by atoms with Gasteiger partial charge in [0.15, 0.2) is 9.84 Å². The Balaban J connectivity index is 2.25. The molecule has 1 heterocycles. The van der Waals surface area contributed by atoms with Crippen LogP contribution in [-0.4, -0.2) is 21.7 Å². The number of rotatable bonds is 1. The molecule has 2 aromatic carbocycles. The van der Waals surface area contributed by atoms with Gasteiger partial charge in [-0.15, -0.1) is 0 Å². The zero-order chi connectivity index (χ0) is 16.8. The van der Waals surface area contributed by atoms with Crippen molar-refractivity contribution in [1.29, 1.82) is 0 Å². The van der Waals surface area contributed by atoms with E-state index in [1.807, 2.05) is 0 Å². The fourth-order valence-corrected chi connectivity index (χ4v) is 4.22. The molecule has 7 heteroatoms. The monoisotopic (exact) mass is 336 g/mol. The number of benzene rings is 2. The van der Waals surface area contributed by atoms with E-state index in [2.05, 4.69) is 4.74 Å². The highest BCUT2D eigenvalue weighted by molar-refractivity contribution is 7.90. The van der Waals surface area contributed by atoms with Crippen molar-refractivity contribution in [3.8, 4) is 16.9 Å². The van der Waals surface area contributed by atoms with E-state index in [0.29, 0.717) is 16.7 Å². The standard InChI is InChI=1S/C16H13FO5S/c1-9-6-11-10-4-3-5-13(17)12(10)8-23(19,20)15(11)7-14(9)22-16(18)21-2/h3-7H,8H2,1-2H3. The van der Waals surface area contributed by atoms with Gasteiger partial charge in [0.25, 0.3) is 0 Å². The molecule has 2 aromatic rings. The van der Waals surface area contributed by atoms with Gasteiger partial charge in [-0.25, -0.2) is 17.6 Å². The smallest absolute Gasteiger partial charge is 0.437 e. The zero-order valence-corrected chi connectivity index (χ0v) is 13.2. The minimum atomic E-state index is -3.73. The Labute approximate surface area is 132 Å². The third-order valence-corrected chi connectivity index (χ3v) is 5.39. The Morgan fingerprint density at radius 3 is 2.65 bits per heavy atom. The number of sulfone groups is 1. The highest BCUT2D eigenvalue weighted by Gasteiger charge is 2.31. The molecule has 1 aliphatic rings. The summed E-state index contributed by atoms with van der Waals surface area (Å²) < 4.78 is 48.3. The number of carbonyl (C=O) groups excluding carboxylic acids is 1. The molecule has 5 nitrogen and oxygen atoms in total. The fourth-order valence-electron chi connectivity index (χ4n) is 2.60. The van der Waals surface area contributed by atoms with Crippen LogP contribution in [-0.2, 0) is 20.3 Å². The van der Waals surface area contributed by atoms with Gasteiger partial charge in [-0.2, -0.15) is 0 Å². The largest absolute Gasteiger partial charge is 0.513 e. The van der Waals surface area contributed by atoms with Gasteiger partial charge in [0.1, 0.15) is 11.6 Å². The lowest BCUT2D eigenvalue weighted by Gasteiger charge is -2.22.